The first-order valence-corrected chi connectivity index (χ1v) is 6.76. The summed E-state index contributed by atoms with van der Waals surface area (Å²) in [5.74, 6) is 1.31. The summed E-state index contributed by atoms with van der Waals surface area (Å²) in [4.78, 5) is 4.48. The van der Waals surface area contributed by atoms with Crippen LogP contribution >= 0.6 is 0 Å². The lowest BCUT2D eigenvalue weighted by Crippen LogP contribution is -2.25. The van der Waals surface area contributed by atoms with E-state index in [-0.39, 0.29) is 6.04 Å². The van der Waals surface area contributed by atoms with E-state index in [9.17, 15) is 0 Å². The molecule has 0 aliphatic carbocycles. The molecule has 5 nitrogen and oxygen atoms in total. The largest absolute Gasteiger partial charge is 0.371 e. The van der Waals surface area contributed by atoms with Gasteiger partial charge in [-0.2, -0.15) is 4.98 Å². The van der Waals surface area contributed by atoms with Crippen LogP contribution in [-0.4, -0.2) is 23.8 Å². The Labute approximate surface area is 108 Å². The van der Waals surface area contributed by atoms with Gasteiger partial charge >= 0.3 is 0 Å². The van der Waals surface area contributed by atoms with Crippen molar-refractivity contribution < 1.29 is 9.26 Å². The molecule has 1 aliphatic heterocycles. The van der Waals surface area contributed by atoms with Gasteiger partial charge in [-0.25, -0.2) is 0 Å². The van der Waals surface area contributed by atoms with Crippen LogP contribution in [0, 0.1) is 0 Å². The first-order valence-electron chi connectivity index (χ1n) is 6.76. The zero-order chi connectivity index (χ0) is 13.0. The number of hydrogen-bond acceptors (Lipinski definition) is 5. The maximum absolute atomic E-state index is 5.39. The van der Waals surface area contributed by atoms with Crippen molar-refractivity contribution in [3.05, 3.63) is 11.7 Å². The highest BCUT2D eigenvalue weighted by Gasteiger charge is 2.28. The van der Waals surface area contributed by atoms with E-state index in [2.05, 4.69) is 15.5 Å². The van der Waals surface area contributed by atoms with Crippen molar-refractivity contribution >= 4 is 0 Å². The molecule has 1 atom stereocenters. The van der Waals surface area contributed by atoms with Gasteiger partial charge in [0.25, 0.3) is 0 Å². The van der Waals surface area contributed by atoms with Gasteiger partial charge in [0.2, 0.25) is 11.7 Å². The number of nitrogens with one attached hydrogen (secondary N) is 1. The minimum Gasteiger partial charge on any atom is -0.371 e. The van der Waals surface area contributed by atoms with Crippen molar-refractivity contribution in [3.8, 4) is 0 Å². The second-order valence-electron chi connectivity index (χ2n) is 5.38. The molecular formula is C13H23N3O2. The molecule has 1 aliphatic rings. The Hall–Kier alpha value is -0.940. The second-order valence-corrected chi connectivity index (χ2v) is 5.38. The fourth-order valence-electron chi connectivity index (χ4n) is 2.13. The standard InChI is InChI=1S/C13H23N3O2/c1-13(2,17-3)12-15-11(18-16-12)10-8-6-4-5-7-9-14-10/h10,14H,4-9H2,1-3H3. The molecule has 0 saturated carbocycles. The second kappa shape index (κ2) is 5.80. The van der Waals surface area contributed by atoms with Gasteiger partial charge in [0.15, 0.2) is 0 Å². The molecule has 0 aromatic carbocycles. The molecule has 1 N–H and O–H groups in total. The van der Waals surface area contributed by atoms with Crippen molar-refractivity contribution in [2.24, 2.45) is 0 Å². The Morgan fingerprint density at radius 2 is 2.06 bits per heavy atom. The normalized spacial score (nSPS) is 22.5. The first kappa shape index (κ1) is 13.5. The lowest BCUT2D eigenvalue weighted by atomic mass is 10.0. The number of ether oxygens (including phenoxy) is 1. The van der Waals surface area contributed by atoms with Gasteiger partial charge in [0.1, 0.15) is 5.60 Å². The lowest BCUT2D eigenvalue weighted by Gasteiger charge is -2.19. The van der Waals surface area contributed by atoms with E-state index in [0.717, 1.165) is 13.0 Å². The summed E-state index contributed by atoms with van der Waals surface area (Å²) >= 11 is 0. The van der Waals surface area contributed by atoms with Crippen LogP contribution in [-0.2, 0) is 10.3 Å². The van der Waals surface area contributed by atoms with Gasteiger partial charge in [-0.15, -0.1) is 0 Å². The Kier molecular flexibility index (Phi) is 4.35. The zero-order valence-electron chi connectivity index (χ0n) is 11.5. The van der Waals surface area contributed by atoms with Gasteiger partial charge in [-0.1, -0.05) is 24.4 Å². The molecule has 1 unspecified atom stereocenters. The van der Waals surface area contributed by atoms with E-state index in [1.807, 2.05) is 13.8 Å². The van der Waals surface area contributed by atoms with E-state index < -0.39 is 5.60 Å². The third-order valence-corrected chi connectivity index (χ3v) is 3.60. The van der Waals surface area contributed by atoms with Crippen LogP contribution in [0.5, 0.6) is 0 Å². The highest BCUT2D eigenvalue weighted by Crippen LogP contribution is 2.25. The number of methoxy groups -OCH3 is 1. The maximum atomic E-state index is 5.39. The fourth-order valence-corrected chi connectivity index (χ4v) is 2.13. The molecule has 0 amide bonds. The molecule has 5 heteroatoms. The van der Waals surface area contributed by atoms with Crippen LogP contribution < -0.4 is 5.32 Å². The number of nitrogens with zero attached hydrogens (tertiary/aromatic N) is 2. The Morgan fingerprint density at radius 1 is 1.28 bits per heavy atom. The topological polar surface area (TPSA) is 60.2 Å². The predicted molar refractivity (Wildman–Crippen MR) is 68.2 cm³/mol. The minimum atomic E-state index is -0.497. The van der Waals surface area contributed by atoms with Crippen LogP contribution in [0.1, 0.15) is 63.7 Å². The maximum Gasteiger partial charge on any atom is 0.243 e. The zero-order valence-corrected chi connectivity index (χ0v) is 11.5. The minimum absolute atomic E-state index is 0.194. The molecule has 102 valence electrons. The Balaban J connectivity index is 2.08. The molecule has 18 heavy (non-hydrogen) atoms. The highest BCUT2D eigenvalue weighted by molar-refractivity contribution is 5.00. The summed E-state index contributed by atoms with van der Waals surface area (Å²) < 4.78 is 10.7. The molecule has 1 aromatic rings. The van der Waals surface area contributed by atoms with E-state index >= 15 is 0 Å². The van der Waals surface area contributed by atoms with Gasteiger partial charge in [0, 0.05) is 7.11 Å². The molecule has 0 bridgehead atoms. The van der Waals surface area contributed by atoms with Crippen molar-refractivity contribution in [2.75, 3.05) is 13.7 Å². The van der Waals surface area contributed by atoms with Crippen LogP contribution in [0.15, 0.2) is 4.52 Å². The molecule has 1 saturated heterocycles. The Bertz CT molecular complexity index is 368. The summed E-state index contributed by atoms with van der Waals surface area (Å²) in [6.45, 7) is 4.90. The van der Waals surface area contributed by atoms with Crippen LogP contribution in [0.2, 0.25) is 0 Å². The Morgan fingerprint density at radius 3 is 2.83 bits per heavy atom. The van der Waals surface area contributed by atoms with Gasteiger partial charge in [-0.3, -0.25) is 0 Å². The van der Waals surface area contributed by atoms with Crippen LogP contribution in [0.25, 0.3) is 0 Å². The first-order chi connectivity index (χ1) is 8.63. The quantitative estimate of drug-likeness (QED) is 0.897. The molecule has 0 radical (unpaired) electrons. The smallest absolute Gasteiger partial charge is 0.243 e. The van der Waals surface area contributed by atoms with Gasteiger partial charge in [0.05, 0.1) is 6.04 Å². The van der Waals surface area contributed by atoms with Gasteiger partial charge < -0.3 is 14.6 Å². The summed E-state index contributed by atoms with van der Waals surface area (Å²) in [5, 5.41) is 7.52. The summed E-state index contributed by atoms with van der Waals surface area (Å²) in [6.07, 6.45) is 6.10. The predicted octanol–water partition coefficient (Wildman–Crippen LogP) is 2.55. The van der Waals surface area contributed by atoms with Crippen molar-refractivity contribution in [1.29, 1.82) is 0 Å². The monoisotopic (exact) mass is 253 g/mol. The highest BCUT2D eigenvalue weighted by atomic mass is 16.5. The lowest BCUT2D eigenvalue weighted by molar-refractivity contribution is 0.00973. The average molecular weight is 253 g/mol. The number of hydrogen-bond donors (Lipinski definition) is 1. The molecule has 1 aromatic heterocycles. The van der Waals surface area contributed by atoms with E-state index in [4.69, 9.17) is 9.26 Å². The number of aromatic nitrogens is 2. The summed E-state index contributed by atoms with van der Waals surface area (Å²) in [5.41, 5.74) is -0.497. The molecule has 2 heterocycles. The van der Waals surface area contributed by atoms with Gasteiger partial charge in [-0.05, 0) is 33.2 Å². The van der Waals surface area contributed by atoms with Crippen molar-refractivity contribution in [2.45, 2.75) is 57.6 Å². The SMILES string of the molecule is COC(C)(C)c1noc(C2CCCCCCN2)n1. The molecule has 0 spiro atoms. The van der Waals surface area contributed by atoms with E-state index in [1.54, 1.807) is 7.11 Å². The van der Waals surface area contributed by atoms with Crippen molar-refractivity contribution in [1.82, 2.24) is 15.5 Å². The summed E-state index contributed by atoms with van der Waals surface area (Å²) in [7, 11) is 1.66. The number of rotatable bonds is 3. The molecule has 2 rings (SSSR count). The van der Waals surface area contributed by atoms with E-state index in [1.165, 1.54) is 25.7 Å². The van der Waals surface area contributed by atoms with E-state index in [0.29, 0.717) is 11.7 Å². The van der Waals surface area contributed by atoms with Crippen molar-refractivity contribution in [3.63, 3.8) is 0 Å². The third-order valence-electron chi connectivity index (χ3n) is 3.60. The van der Waals surface area contributed by atoms with Crippen LogP contribution in [0.3, 0.4) is 0 Å². The van der Waals surface area contributed by atoms with Crippen LogP contribution in [0.4, 0.5) is 0 Å². The summed E-state index contributed by atoms with van der Waals surface area (Å²) in [6, 6.07) is 0.194. The molecule has 1 fully saturated rings. The third kappa shape index (κ3) is 3.09. The fraction of sp³-hybridized carbons (Fsp3) is 0.846. The average Bonchev–Trinajstić information content (AvgIpc) is 2.78. The molecular weight excluding hydrogens is 230 g/mol.